The monoisotopic (exact) mass is 471 g/mol. The molecule has 1 aliphatic heterocycles. The third kappa shape index (κ3) is 5.53. The third-order valence-corrected chi connectivity index (χ3v) is 6.54. The van der Waals surface area contributed by atoms with Gasteiger partial charge in [-0.05, 0) is 45.6 Å². The molecule has 1 saturated heterocycles. The number of hydrogen-bond donors (Lipinski definition) is 3. The number of aryl methyl sites for hydroxylation is 2. The van der Waals surface area contributed by atoms with Crippen molar-refractivity contribution in [3.05, 3.63) is 49.5 Å². The molecule has 34 heavy (non-hydrogen) atoms. The van der Waals surface area contributed by atoms with E-state index in [0.717, 1.165) is 29.9 Å². The second kappa shape index (κ2) is 10.5. The topological polar surface area (TPSA) is 136 Å². The summed E-state index contributed by atoms with van der Waals surface area (Å²) in [6.07, 6.45) is 2.49. The van der Waals surface area contributed by atoms with Crippen LogP contribution in [0.2, 0.25) is 0 Å². The molecule has 11 nitrogen and oxygen atoms in total. The number of amides is 1. The number of H-pyrrole nitrogens is 1. The Labute approximate surface area is 197 Å². The molecule has 0 saturated carbocycles. The summed E-state index contributed by atoms with van der Waals surface area (Å²) in [4.78, 5) is 52.1. The van der Waals surface area contributed by atoms with E-state index >= 15 is 0 Å². The van der Waals surface area contributed by atoms with Crippen molar-refractivity contribution in [2.24, 2.45) is 0 Å². The van der Waals surface area contributed by atoms with Crippen molar-refractivity contribution in [2.75, 3.05) is 37.6 Å². The number of carbonyl (C=O) groups excluding carboxylic acids is 1. The van der Waals surface area contributed by atoms with Crippen molar-refractivity contribution in [1.29, 1.82) is 0 Å². The standard InChI is InChI=1S/C23H33N7O4/c1-15-13-16(2)26-22(25-15)29-11-9-28(10-12-29)20(32)14-24-19(31)7-8-30-18-6-4-3-5-17(18)21(33)27-23(30)34/h13,20,32H,3-12,14H2,1-2H3,(H,24,31)(H,27,33,34). The molecule has 2 aromatic rings. The average Bonchev–Trinajstić information content (AvgIpc) is 2.82. The van der Waals surface area contributed by atoms with Crippen LogP contribution < -0.4 is 21.5 Å². The molecule has 1 atom stereocenters. The molecule has 1 aliphatic carbocycles. The van der Waals surface area contributed by atoms with E-state index in [-0.39, 0.29) is 31.0 Å². The quantitative estimate of drug-likeness (QED) is 0.490. The maximum absolute atomic E-state index is 12.4. The smallest absolute Gasteiger partial charge is 0.328 e. The van der Waals surface area contributed by atoms with Gasteiger partial charge in [-0.3, -0.25) is 24.0 Å². The van der Waals surface area contributed by atoms with Crippen LogP contribution in [0, 0.1) is 13.8 Å². The first kappa shape index (κ1) is 24.1. The Hall–Kier alpha value is -3.05. The first-order valence-electron chi connectivity index (χ1n) is 11.9. The predicted molar refractivity (Wildman–Crippen MR) is 127 cm³/mol. The summed E-state index contributed by atoms with van der Waals surface area (Å²) >= 11 is 0. The molecule has 184 valence electrons. The summed E-state index contributed by atoms with van der Waals surface area (Å²) in [5.41, 5.74) is 2.48. The van der Waals surface area contributed by atoms with Crippen LogP contribution in [0.15, 0.2) is 15.7 Å². The van der Waals surface area contributed by atoms with Crippen LogP contribution in [0.3, 0.4) is 0 Å². The minimum Gasteiger partial charge on any atom is -0.377 e. The molecule has 0 aromatic carbocycles. The lowest BCUT2D eigenvalue weighted by molar-refractivity contribution is -0.122. The molecule has 11 heteroatoms. The van der Waals surface area contributed by atoms with Gasteiger partial charge in [-0.25, -0.2) is 14.8 Å². The van der Waals surface area contributed by atoms with Gasteiger partial charge in [0, 0.05) is 61.8 Å². The highest BCUT2D eigenvalue weighted by atomic mass is 16.3. The molecule has 1 unspecified atom stereocenters. The highest BCUT2D eigenvalue weighted by molar-refractivity contribution is 5.75. The van der Waals surface area contributed by atoms with Gasteiger partial charge in [0.05, 0.1) is 6.54 Å². The fourth-order valence-corrected chi connectivity index (χ4v) is 4.74. The van der Waals surface area contributed by atoms with Crippen LogP contribution in [0.4, 0.5) is 5.95 Å². The Morgan fingerprint density at radius 1 is 1.12 bits per heavy atom. The molecular formula is C23H33N7O4. The van der Waals surface area contributed by atoms with E-state index in [1.54, 1.807) is 0 Å². The van der Waals surface area contributed by atoms with E-state index in [1.807, 2.05) is 24.8 Å². The van der Waals surface area contributed by atoms with E-state index < -0.39 is 11.9 Å². The summed E-state index contributed by atoms with van der Waals surface area (Å²) in [5, 5.41) is 13.3. The fourth-order valence-electron chi connectivity index (χ4n) is 4.74. The Kier molecular flexibility index (Phi) is 7.42. The van der Waals surface area contributed by atoms with Crippen molar-refractivity contribution in [3.8, 4) is 0 Å². The minimum atomic E-state index is -0.796. The van der Waals surface area contributed by atoms with E-state index in [1.165, 1.54) is 4.57 Å². The van der Waals surface area contributed by atoms with Crippen LogP contribution in [0.1, 0.15) is 41.9 Å². The molecule has 0 radical (unpaired) electrons. The number of rotatable bonds is 7. The van der Waals surface area contributed by atoms with Crippen LogP contribution >= 0.6 is 0 Å². The van der Waals surface area contributed by atoms with Crippen molar-refractivity contribution < 1.29 is 9.90 Å². The number of nitrogens with zero attached hydrogens (tertiary/aromatic N) is 5. The minimum absolute atomic E-state index is 0.100. The maximum atomic E-state index is 12.4. The van der Waals surface area contributed by atoms with Gasteiger partial charge >= 0.3 is 5.69 Å². The molecule has 3 N–H and O–H groups in total. The number of nitrogens with one attached hydrogen (secondary N) is 2. The number of hydrogen-bond acceptors (Lipinski definition) is 8. The Bertz CT molecular complexity index is 1130. The second-order valence-corrected chi connectivity index (χ2v) is 9.05. The number of aliphatic hydroxyl groups is 1. The largest absolute Gasteiger partial charge is 0.377 e. The van der Waals surface area contributed by atoms with Gasteiger partial charge in [0.15, 0.2) is 0 Å². The number of piperazine rings is 1. The van der Waals surface area contributed by atoms with Gasteiger partial charge in [-0.15, -0.1) is 0 Å². The summed E-state index contributed by atoms with van der Waals surface area (Å²) in [6, 6.07) is 1.94. The molecular weight excluding hydrogens is 438 g/mol. The summed E-state index contributed by atoms with van der Waals surface area (Å²) < 4.78 is 1.51. The van der Waals surface area contributed by atoms with E-state index in [4.69, 9.17) is 0 Å². The van der Waals surface area contributed by atoms with Crippen molar-refractivity contribution in [1.82, 2.24) is 29.7 Å². The van der Waals surface area contributed by atoms with Gasteiger partial charge in [0.1, 0.15) is 6.23 Å². The molecule has 2 aliphatic rings. The summed E-state index contributed by atoms with van der Waals surface area (Å²) in [5.74, 6) is 0.462. The lowest BCUT2D eigenvalue weighted by Gasteiger charge is -2.37. The van der Waals surface area contributed by atoms with Gasteiger partial charge in [-0.2, -0.15) is 0 Å². The van der Waals surface area contributed by atoms with E-state index in [0.29, 0.717) is 50.5 Å². The van der Waals surface area contributed by atoms with Gasteiger partial charge in [0.25, 0.3) is 5.56 Å². The summed E-state index contributed by atoms with van der Waals surface area (Å²) in [6.45, 7) is 6.85. The first-order chi connectivity index (χ1) is 16.3. The molecule has 0 bridgehead atoms. The zero-order chi connectivity index (χ0) is 24.2. The van der Waals surface area contributed by atoms with Crippen molar-refractivity contribution in [3.63, 3.8) is 0 Å². The summed E-state index contributed by atoms with van der Waals surface area (Å²) in [7, 11) is 0. The van der Waals surface area contributed by atoms with Crippen molar-refractivity contribution in [2.45, 2.75) is 58.7 Å². The molecule has 2 aromatic heterocycles. The molecule has 3 heterocycles. The second-order valence-electron chi connectivity index (χ2n) is 9.05. The predicted octanol–water partition coefficient (Wildman–Crippen LogP) is -0.531. The van der Waals surface area contributed by atoms with Gasteiger partial charge in [-0.1, -0.05) is 0 Å². The van der Waals surface area contributed by atoms with Gasteiger partial charge < -0.3 is 15.3 Å². The first-order valence-corrected chi connectivity index (χ1v) is 11.9. The Balaban J connectivity index is 1.25. The number of anilines is 1. The Morgan fingerprint density at radius 2 is 1.79 bits per heavy atom. The van der Waals surface area contributed by atoms with Crippen molar-refractivity contribution >= 4 is 11.9 Å². The normalized spacial score (nSPS) is 17.3. The lowest BCUT2D eigenvalue weighted by Crippen LogP contribution is -2.53. The molecule has 1 fully saturated rings. The number of carbonyl (C=O) groups is 1. The zero-order valence-electron chi connectivity index (χ0n) is 19.8. The number of fused-ring (bicyclic) bond motifs is 1. The van der Waals surface area contributed by atoms with Crippen LogP contribution in [0.5, 0.6) is 0 Å². The van der Waals surface area contributed by atoms with Crippen LogP contribution in [-0.4, -0.2) is 74.4 Å². The van der Waals surface area contributed by atoms with Gasteiger partial charge in [0.2, 0.25) is 11.9 Å². The van der Waals surface area contributed by atoms with E-state index in [2.05, 4.69) is 25.2 Å². The molecule has 4 rings (SSSR count). The maximum Gasteiger partial charge on any atom is 0.328 e. The fraction of sp³-hybridized carbons (Fsp3) is 0.609. The highest BCUT2D eigenvalue weighted by Crippen LogP contribution is 2.17. The number of aromatic amines is 1. The number of aliphatic hydroxyl groups excluding tert-OH is 1. The Morgan fingerprint density at radius 3 is 2.50 bits per heavy atom. The van der Waals surface area contributed by atoms with E-state index in [9.17, 15) is 19.5 Å². The highest BCUT2D eigenvalue weighted by Gasteiger charge is 2.24. The van der Waals surface area contributed by atoms with Crippen LogP contribution in [0.25, 0.3) is 0 Å². The van der Waals surface area contributed by atoms with Crippen LogP contribution in [-0.2, 0) is 24.2 Å². The average molecular weight is 472 g/mol. The molecule has 0 spiro atoms. The zero-order valence-corrected chi connectivity index (χ0v) is 19.8. The SMILES string of the molecule is Cc1cc(C)nc(N2CCN(C(O)CNC(=O)CCn3c4c(c(=O)[nH]c3=O)CCCC4)CC2)n1. The third-order valence-electron chi connectivity index (χ3n) is 6.54. The number of aromatic nitrogens is 4. The molecule has 1 amide bonds. The lowest BCUT2D eigenvalue weighted by atomic mass is 9.97.